The number of hydrogen-bond donors (Lipinski definition) is 2. The Morgan fingerprint density at radius 2 is 2.11 bits per heavy atom. The van der Waals surface area contributed by atoms with Gasteiger partial charge in [-0.3, -0.25) is 4.79 Å². The van der Waals surface area contributed by atoms with E-state index in [9.17, 15) is 18.4 Å². The molecule has 1 fully saturated rings. The first-order valence-electron chi connectivity index (χ1n) is 8.60. The van der Waals surface area contributed by atoms with Crippen LogP contribution in [0.25, 0.3) is 0 Å². The summed E-state index contributed by atoms with van der Waals surface area (Å²) in [5.41, 5.74) is -0.674. The van der Waals surface area contributed by atoms with Crippen LogP contribution in [-0.4, -0.2) is 60.6 Å². The van der Waals surface area contributed by atoms with Crippen molar-refractivity contribution < 1.29 is 23.1 Å². The number of likely N-dealkylation sites (tertiary alicyclic amines) is 1. The number of nitrogens with one attached hydrogen (secondary N) is 2. The predicted octanol–water partition coefficient (Wildman–Crippen LogP) is 3.36. The Balaban J connectivity index is 2.01. The van der Waals surface area contributed by atoms with Gasteiger partial charge in [-0.15, -0.1) is 11.3 Å². The lowest BCUT2D eigenvalue weighted by molar-refractivity contribution is 0.0220. The number of ether oxygens (including phenoxy) is 1. The van der Waals surface area contributed by atoms with Gasteiger partial charge in [0.2, 0.25) is 0 Å². The van der Waals surface area contributed by atoms with E-state index < -0.39 is 24.7 Å². The van der Waals surface area contributed by atoms with Gasteiger partial charge in [0, 0.05) is 25.2 Å². The van der Waals surface area contributed by atoms with Gasteiger partial charge < -0.3 is 20.3 Å². The Hall–Kier alpha value is -1.45. The normalized spacial score (nSPS) is 20.2. The number of carbonyl (C=O) groups is 2. The van der Waals surface area contributed by atoms with Crippen LogP contribution in [0.2, 0.25) is 4.34 Å². The number of amides is 2. The van der Waals surface area contributed by atoms with Crippen molar-refractivity contribution in [2.45, 2.75) is 51.3 Å². The fraction of sp³-hybridized carbons (Fsp3) is 0.647. The van der Waals surface area contributed by atoms with Gasteiger partial charge in [-0.2, -0.15) is 0 Å². The van der Waals surface area contributed by atoms with Crippen molar-refractivity contribution in [2.75, 3.05) is 19.6 Å². The Bertz CT molecular complexity index is 666. The topological polar surface area (TPSA) is 70.7 Å². The molecule has 0 radical (unpaired) electrons. The maximum Gasteiger partial charge on any atom is 0.410 e. The molecule has 0 bridgehead atoms. The van der Waals surface area contributed by atoms with Crippen molar-refractivity contribution in [2.24, 2.45) is 0 Å². The molecular formula is C17H24ClF2N3O3S. The lowest BCUT2D eigenvalue weighted by Crippen LogP contribution is -2.45. The third-order valence-electron chi connectivity index (χ3n) is 3.85. The fourth-order valence-corrected chi connectivity index (χ4v) is 3.76. The SMILES string of the molecule is CC(C)(C)OC(=O)N1C[C@H](NC(=O)c2ccc(Cl)s2)C[C@H]1CNCC(F)F. The summed E-state index contributed by atoms with van der Waals surface area (Å²) in [5, 5.41) is 5.53. The number of rotatable bonds is 6. The van der Waals surface area contributed by atoms with Gasteiger partial charge in [0.1, 0.15) is 5.60 Å². The highest BCUT2D eigenvalue weighted by Gasteiger charge is 2.38. The van der Waals surface area contributed by atoms with E-state index in [0.29, 0.717) is 15.6 Å². The number of halogens is 3. The lowest BCUT2D eigenvalue weighted by atomic mass is 10.1. The molecule has 1 aliphatic heterocycles. The third kappa shape index (κ3) is 6.90. The Labute approximate surface area is 166 Å². The Morgan fingerprint density at radius 3 is 2.67 bits per heavy atom. The molecule has 1 aliphatic rings. The van der Waals surface area contributed by atoms with Crippen LogP contribution >= 0.6 is 22.9 Å². The van der Waals surface area contributed by atoms with Gasteiger partial charge in [0.15, 0.2) is 0 Å². The minimum absolute atomic E-state index is 0.195. The Kier molecular flexibility index (Phi) is 7.41. The molecule has 0 saturated carbocycles. The van der Waals surface area contributed by atoms with Crippen LogP contribution in [0, 0.1) is 0 Å². The molecule has 1 saturated heterocycles. The van der Waals surface area contributed by atoms with Gasteiger partial charge in [0.05, 0.1) is 15.8 Å². The second-order valence-corrected chi connectivity index (χ2v) is 9.06. The second-order valence-electron chi connectivity index (χ2n) is 7.35. The average molecular weight is 424 g/mol. The highest BCUT2D eigenvalue weighted by Crippen LogP contribution is 2.24. The summed E-state index contributed by atoms with van der Waals surface area (Å²) in [6, 6.07) is 2.62. The van der Waals surface area contributed by atoms with Gasteiger partial charge in [-0.1, -0.05) is 11.6 Å². The summed E-state index contributed by atoms with van der Waals surface area (Å²) >= 11 is 7.02. The molecule has 152 valence electrons. The van der Waals surface area contributed by atoms with Gasteiger partial charge >= 0.3 is 6.09 Å². The molecule has 1 aromatic heterocycles. The smallest absolute Gasteiger partial charge is 0.410 e. The summed E-state index contributed by atoms with van der Waals surface area (Å²) < 4.78 is 30.7. The maximum atomic E-state index is 12.5. The van der Waals surface area contributed by atoms with E-state index in [2.05, 4.69) is 10.6 Å². The standard InChI is InChI=1S/C17H24ClF2N3O3S/c1-17(2,3)26-16(25)23-9-10(6-11(23)7-21-8-14(19)20)22-15(24)12-4-5-13(18)27-12/h4-5,10-11,14,21H,6-9H2,1-3H3,(H,22,24)/t10-,11+/m1/s1. The molecule has 6 nitrogen and oxygen atoms in total. The molecule has 1 aromatic rings. The summed E-state index contributed by atoms with van der Waals surface area (Å²) in [6.07, 6.45) is -2.55. The monoisotopic (exact) mass is 423 g/mol. The second kappa shape index (κ2) is 9.16. The van der Waals surface area contributed by atoms with E-state index in [1.165, 1.54) is 4.90 Å². The minimum Gasteiger partial charge on any atom is -0.444 e. The molecule has 2 N–H and O–H groups in total. The maximum absolute atomic E-state index is 12.5. The van der Waals surface area contributed by atoms with Crippen molar-refractivity contribution in [3.05, 3.63) is 21.3 Å². The van der Waals surface area contributed by atoms with E-state index in [1.807, 2.05) is 0 Å². The quantitative estimate of drug-likeness (QED) is 0.736. The van der Waals surface area contributed by atoms with Crippen molar-refractivity contribution >= 4 is 34.9 Å². The number of thiophene rings is 1. The van der Waals surface area contributed by atoms with Crippen LogP contribution in [0.15, 0.2) is 12.1 Å². The zero-order valence-electron chi connectivity index (χ0n) is 15.4. The van der Waals surface area contributed by atoms with Crippen molar-refractivity contribution in [3.8, 4) is 0 Å². The summed E-state index contributed by atoms with van der Waals surface area (Å²) in [4.78, 5) is 26.8. The highest BCUT2D eigenvalue weighted by atomic mass is 35.5. The van der Waals surface area contributed by atoms with Crippen LogP contribution in [-0.2, 0) is 4.74 Å². The Morgan fingerprint density at radius 1 is 1.41 bits per heavy atom. The van der Waals surface area contributed by atoms with Crippen LogP contribution in [0.3, 0.4) is 0 Å². The molecule has 0 unspecified atom stereocenters. The molecule has 27 heavy (non-hydrogen) atoms. The van der Waals surface area contributed by atoms with Gasteiger partial charge in [0.25, 0.3) is 12.3 Å². The summed E-state index contributed by atoms with van der Waals surface area (Å²) in [6.45, 7) is 5.26. The van der Waals surface area contributed by atoms with E-state index in [-0.39, 0.29) is 31.1 Å². The molecule has 2 atom stereocenters. The van der Waals surface area contributed by atoms with Crippen LogP contribution in [0.5, 0.6) is 0 Å². The molecule has 0 aliphatic carbocycles. The van der Waals surface area contributed by atoms with Crippen LogP contribution in [0.4, 0.5) is 13.6 Å². The fourth-order valence-electron chi connectivity index (χ4n) is 2.81. The van der Waals surface area contributed by atoms with Crippen LogP contribution in [0.1, 0.15) is 36.9 Å². The molecule has 0 aromatic carbocycles. The predicted molar refractivity (Wildman–Crippen MR) is 101 cm³/mol. The zero-order chi connectivity index (χ0) is 20.2. The number of nitrogens with zero attached hydrogens (tertiary/aromatic N) is 1. The van der Waals surface area contributed by atoms with Crippen LogP contribution < -0.4 is 10.6 Å². The molecule has 0 spiro atoms. The average Bonchev–Trinajstić information content (AvgIpc) is 3.12. The largest absolute Gasteiger partial charge is 0.444 e. The number of hydrogen-bond acceptors (Lipinski definition) is 5. The van der Waals surface area contributed by atoms with E-state index in [4.69, 9.17) is 16.3 Å². The molecular weight excluding hydrogens is 400 g/mol. The van der Waals surface area contributed by atoms with E-state index in [0.717, 1.165) is 11.3 Å². The van der Waals surface area contributed by atoms with E-state index in [1.54, 1.807) is 32.9 Å². The van der Waals surface area contributed by atoms with Crippen molar-refractivity contribution in [1.29, 1.82) is 0 Å². The summed E-state index contributed by atoms with van der Waals surface area (Å²) in [7, 11) is 0. The lowest BCUT2D eigenvalue weighted by Gasteiger charge is -2.28. The van der Waals surface area contributed by atoms with Gasteiger partial charge in [-0.05, 0) is 39.3 Å². The highest BCUT2D eigenvalue weighted by molar-refractivity contribution is 7.18. The third-order valence-corrected chi connectivity index (χ3v) is 5.08. The molecule has 10 heteroatoms. The van der Waals surface area contributed by atoms with Crippen molar-refractivity contribution in [1.82, 2.24) is 15.5 Å². The van der Waals surface area contributed by atoms with Crippen molar-refractivity contribution in [3.63, 3.8) is 0 Å². The van der Waals surface area contributed by atoms with E-state index >= 15 is 0 Å². The molecule has 2 heterocycles. The first-order chi connectivity index (χ1) is 12.5. The minimum atomic E-state index is -2.47. The zero-order valence-corrected chi connectivity index (χ0v) is 17.0. The summed E-state index contributed by atoms with van der Waals surface area (Å²) in [5.74, 6) is -0.276. The van der Waals surface area contributed by atoms with Gasteiger partial charge in [-0.25, -0.2) is 13.6 Å². The number of carbonyl (C=O) groups excluding carboxylic acids is 2. The first-order valence-corrected chi connectivity index (χ1v) is 9.79. The molecule has 2 rings (SSSR count). The number of alkyl halides is 2. The first kappa shape index (κ1) is 21.8. The molecule has 2 amide bonds.